The summed E-state index contributed by atoms with van der Waals surface area (Å²) >= 11 is 0. The molecule has 1 aromatic rings. The minimum absolute atomic E-state index is 0.0905. The number of rotatable bonds is 14. The van der Waals surface area contributed by atoms with Crippen LogP contribution < -0.4 is 5.32 Å². The molecule has 0 aromatic heterocycles. The highest BCUT2D eigenvalue weighted by Gasteiger charge is 2.54. The molecule has 0 radical (unpaired) electrons. The van der Waals surface area contributed by atoms with Crippen molar-refractivity contribution in [2.24, 2.45) is 23.7 Å². The molecule has 3 heterocycles. The summed E-state index contributed by atoms with van der Waals surface area (Å²) in [6.45, 7) is 18.6. The van der Waals surface area contributed by atoms with Crippen molar-refractivity contribution in [1.29, 1.82) is 0 Å². The van der Waals surface area contributed by atoms with Crippen LogP contribution in [0.4, 0.5) is 0 Å². The number of nitrogens with zero attached hydrogens (tertiary/aromatic N) is 1. The number of methoxy groups -OCH3 is 1. The smallest absolute Gasteiger partial charge is 0.311 e. The highest BCUT2D eigenvalue weighted by molar-refractivity contribution is 5.83. The topological polar surface area (TPSA) is 195 Å². The quantitative estimate of drug-likeness (QED) is 0.134. The third-order valence-corrected chi connectivity index (χ3v) is 13.9. The normalized spacial score (nSPS) is 43.0. The number of likely N-dealkylation sites (N-methyl/N-ethyl adjacent to an activating group) is 1. The molecule has 1 aromatic carbocycles. The van der Waals surface area contributed by atoms with Gasteiger partial charge in [0.15, 0.2) is 12.6 Å². The van der Waals surface area contributed by atoms with Crippen molar-refractivity contribution in [2.45, 2.75) is 186 Å². The zero-order chi connectivity index (χ0) is 46.3. The average molecular weight is 881 g/mol. The first-order valence-corrected chi connectivity index (χ1v) is 22.7. The fourth-order valence-corrected chi connectivity index (χ4v) is 9.89. The van der Waals surface area contributed by atoms with Crippen molar-refractivity contribution in [3.05, 3.63) is 35.9 Å². The van der Waals surface area contributed by atoms with Gasteiger partial charge in [0.2, 0.25) is 0 Å². The summed E-state index contributed by atoms with van der Waals surface area (Å²) in [7, 11) is 5.29. The van der Waals surface area contributed by atoms with E-state index in [1.165, 1.54) is 19.6 Å². The lowest BCUT2D eigenvalue weighted by Gasteiger charge is -2.50. The average Bonchev–Trinajstić information content (AvgIpc) is 3.23. The predicted molar refractivity (Wildman–Crippen MR) is 233 cm³/mol. The Morgan fingerprint density at radius 3 is 2.15 bits per heavy atom. The van der Waals surface area contributed by atoms with Gasteiger partial charge >= 0.3 is 5.97 Å². The molecular weight excluding hydrogens is 801 g/mol. The number of benzene rings is 1. The van der Waals surface area contributed by atoms with Gasteiger partial charge in [0.05, 0.1) is 54.2 Å². The van der Waals surface area contributed by atoms with Gasteiger partial charge in [0.25, 0.3) is 0 Å². The fourth-order valence-electron chi connectivity index (χ4n) is 9.89. The highest BCUT2D eigenvalue weighted by Crippen LogP contribution is 2.42. The molecular formula is C47H80N2O13. The van der Waals surface area contributed by atoms with Crippen LogP contribution >= 0.6 is 0 Å². The molecule has 62 heavy (non-hydrogen) atoms. The lowest BCUT2D eigenvalue weighted by Crippen LogP contribution is -2.61. The monoisotopic (exact) mass is 881 g/mol. The van der Waals surface area contributed by atoms with Gasteiger partial charge in [-0.15, -0.1) is 0 Å². The number of esters is 1. The molecule has 0 unspecified atom stereocenters. The third-order valence-electron chi connectivity index (χ3n) is 13.9. The van der Waals surface area contributed by atoms with Crippen LogP contribution in [0.25, 0.3) is 0 Å². The van der Waals surface area contributed by atoms with E-state index in [2.05, 4.69) is 17.4 Å². The van der Waals surface area contributed by atoms with Gasteiger partial charge in [-0.1, -0.05) is 58.0 Å². The van der Waals surface area contributed by atoms with E-state index in [4.69, 9.17) is 33.2 Å². The summed E-state index contributed by atoms with van der Waals surface area (Å²) in [5.41, 5.74) is -3.17. The number of carbonyl (C=O) groups is 2. The first-order chi connectivity index (χ1) is 29.0. The number of aliphatic hydroxyl groups is 4. The molecule has 15 nitrogen and oxygen atoms in total. The Kier molecular flexibility index (Phi) is 19.0. The molecule has 0 saturated carbocycles. The Hall–Kier alpha value is -2.12. The molecule has 0 spiro atoms. The summed E-state index contributed by atoms with van der Waals surface area (Å²) in [5.74, 6) is -4.62. The lowest BCUT2D eigenvalue weighted by molar-refractivity contribution is -0.320. The number of aliphatic hydroxyl groups excluding tert-OH is 3. The Morgan fingerprint density at radius 2 is 1.53 bits per heavy atom. The number of ketones is 1. The van der Waals surface area contributed by atoms with Crippen molar-refractivity contribution < 1.29 is 63.2 Å². The lowest BCUT2D eigenvalue weighted by atomic mass is 9.73. The van der Waals surface area contributed by atoms with Crippen LogP contribution in [0.3, 0.4) is 0 Å². The van der Waals surface area contributed by atoms with Crippen LogP contribution in [0.1, 0.15) is 100 Å². The van der Waals surface area contributed by atoms with E-state index >= 15 is 0 Å². The van der Waals surface area contributed by atoms with Crippen LogP contribution in [0.15, 0.2) is 30.3 Å². The number of ether oxygens (including phenoxy) is 7. The second-order valence-corrected chi connectivity index (χ2v) is 19.3. The molecule has 4 rings (SSSR count). The van der Waals surface area contributed by atoms with Gasteiger partial charge < -0.3 is 63.8 Å². The molecule has 0 bridgehead atoms. The van der Waals surface area contributed by atoms with Crippen molar-refractivity contribution in [3.63, 3.8) is 0 Å². The molecule has 5 N–H and O–H groups in total. The van der Waals surface area contributed by atoms with E-state index in [9.17, 15) is 30.0 Å². The molecule has 356 valence electrons. The van der Waals surface area contributed by atoms with Crippen molar-refractivity contribution in [1.82, 2.24) is 10.2 Å². The minimum Gasteiger partial charge on any atom is -0.459 e. The first kappa shape index (κ1) is 52.5. The molecule has 18 atom stereocenters. The summed E-state index contributed by atoms with van der Waals surface area (Å²) in [6, 6.07) is 9.83. The highest BCUT2D eigenvalue weighted by atomic mass is 16.7. The predicted octanol–water partition coefficient (Wildman–Crippen LogP) is 3.64. The molecule has 3 fully saturated rings. The molecule has 3 saturated heterocycles. The second kappa shape index (κ2) is 22.4. The van der Waals surface area contributed by atoms with Gasteiger partial charge in [-0.3, -0.25) is 9.59 Å². The van der Waals surface area contributed by atoms with Crippen LogP contribution in [0.2, 0.25) is 0 Å². The van der Waals surface area contributed by atoms with Crippen LogP contribution in [-0.4, -0.2) is 162 Å². The standard InChI is InChI=1S/C47H80N2O13/c1-14-35-47(10,55)40(52)29(4)37(50)27(2)25-46(9,57-23-22-48-21-20-33-18-16-15-17-19-33)42(62-44-38(51)34(49(11)12)24-28(3)58-44)30(5)39(31(6)43(54)60-35)61-36-26-45(8,56-13)41(53)32(7)59-36/h15-19,27-32,34-36,38-42,44,48,51-53,55H,14,20-26H2,1-13H3/t27-,28-,29-,30+,31-,32+,34+,35+,36+,38-,39+,40-,41+,42-,44+,45-,46+,47-/m1/s1. The number of cyclic esters (lactones) is 1. The zero-order valence-electron chi connectivity index (χ0n) is 39.6. The SMILES string of the molecule is CC[C@@H]1OC(=O)[C@H](C)[C@@H](O[C@H]2C[C@@](C)(OC)[C@@H](O)[C@H](C)O2)[C@H](C)[C@@H](O[C@@H]2O[C@H](C)C[C@H](N(C)C)[C@H]2O)[C@@](C)(OCCNCCc2ccccc2)C[C@@H](C)C(=O)[C@@H](C)[C@@H](O)[C@]1(C)O. The third kappa shape index (κ3) is 12.4. The van der Waals surface area contributed by atoms with E-state index in [1.54, 1.807) is 41.5 Å². The Morgan fingerprint density at radius 1 is 0.871 bits per heavy atom. The maximum atomic E-state index is 14.5. The zero-order valence-corrected chi connectivity index (χ0v) is 39.6. The Bertz CT molecular complexity index is 1550. The van der Waals surface area contributed by atoms with Gasteiger partial charge in [0, 0.05) is 43.9 Å². The summed E-state index contributed by atoms with van der Waals surface area (Å²) < 4.78 is 45.3. The van der Waals surface area contributed by atoms with E-state index in [0.717, 1.165) is 6.42 Å². The second-order valence-electron chi connectivity index (χ2n) is 19.3. The van der Waals surface area contributed by atoms with E-state index in [-0.39, 0.29) is 43.8 Å². The van der Waals surface area contributed by atoms with Gasteiger partial charge in [-0.2, -0.15) is 0 Å². The first-order valence-electron chi connectivity index (χ1n) is 22.7. The van der Waals surface area contributed by atoms with Crippen molar-refractivity contribution in [2.75, 3.05) is 40.9 Å². The maximum Gasteiger partial charge on any atom is 0.311 e. The van der Waals surface area contributed by atoms with Gasteiger partial charge in [0.1, 0.15) is 29.7 Å². The van der Waals surface area contributed by atoms with Crippen LogP contribution in [-0.2, 0) is 49.2 Å². The Balaban J connectivity index is 1.85. The fraction of sp³-hybridized carbons (Fsp3) is 0.830. The van der Waals surface area contributed by atoms with Crippen molar-refractivity contribution >= 4 is 11.8 Å². The number of Topliss-reactive ketones (excluding diaryl/α,β-unsaturated/α-hetero) is 1. The van der Waals surface area contributed by atoms with Crippen molar-refractivity contribution in [3.8, 4) is 0 Å². The molecule has 3 aliphatic heterocycles. The van der Waals surface area contributed by atoms with E-state index < -0.39 is 102 Å². The largest absolute Gasteiger partial charge is 0.459 e. The maximum absolute atomic E-state index is 14.5. The van der Waals surface area contributed by atoms with Crippen LogP contribution in [0.5, 0.6) is 0 Å². The molecule has 0 aliphatic carbocycles. The number of hydrogen-bond donors (Lipinski definition) is 5. The number of carbonyl (C=O) groups excluding carboxylic acids is 2. The minimum atomic E-state index is -1.99. The summed E-state index contributed by atoms with van der Waals surface area (Å²) in [4.78, 5) is 30.8. The molecule has 0 amide bonds. The molecule has 3 aliphatic rings. The summed E-state index contributed by atoms with van der Waals surface area (Å²) in [6.07, 6.45) is -8.26. The Labute approximate surface area is 370 Å². The van der Waals surface area contributed by atoms with E-state index in [1.807, 2.05) is 58.0 Å². The van der Waals surface area contributed by atoms with Crippen LogP contribution in [0, 0.1) is 23.7 Å². The van der Waals surface area contributed by atoms with Gasteiger partial charge in [-0.25, -0.2) is 0 Å². The van der Waals surface area contributed by atoms with E-state index in [0.29, 0.717) is 19.5 Å². The van der Waals surface area contributed by atoms with Gasteiger partial charge in [-0.05, 0) is 93.4 Å². The number of hydrogen-bond acceptors (Lipinski definition) is 15. The number of nitrogens with one attached hydrogen (secondary N) is 1. The summed E-state index contributed by atoms with van der Waals surface area (Å²) in [5, 5.41) is 49.9. The molecule has 15 heteroatoms.